The van der Waals surface area contributed by atoms with Crippen molar-refractivity contribution in [2.75, 3.05) is 5.32 Å². The quantitative estimate of drug-likeness (QED) is 0.516. The van der Waals surface area contributed by atoms with E-state index in [-0.39, 0.29) is 22.7 Å². The fraction of sp³-hybridized carbons (Fsp3) is 0.136. The van der Waals surface area contributed by atoms with Gasteiger partial charge in [-0.3, -0.25) is 4.79 Å². The molecule has 0 saturated heterocycles. The number of carbonyl (C=O) groups excluding carboxylic acids is 1. The number of ether oxygens (including phenoxy) is 2. The second-order valence-electron chi connectivity index (χ2n) is 6.67. The fourth-order valence-corrected chi connectivity index (χ4v) is 3.42. The molecule has 9 heteroatoms. The lowest BCUT2D eigenvalue weighted by Crippen LogP contribution is -2.30. The van der Waals surface area contributed by atoms with Crippen molar-refractivity contribution in [2.24, 2.45) is 0 Å². The topological polar surface area (TPSA) is 47.6 Å². The first-order valence-corrected chi connectivity index (χ1v) is 9.06. The van der Waals surface area contributed by atoms with Gasteiger partial charge in [0.1, 0.15) is 17.6 Å². The van der Waals surface area contributed by atoms with Gasteiger partial charge in [-0.1, -0.05) is 42.5 Å². The van der Waals surface area contributed by atoms with E-state index in [2.05, 4.69) is 4.74 Å². The van der Waals surface area contributed by atoms with Crippen molar-refractivity contribution in [1.82, 2.24) is 0 Å². The number of hydrogen-bond acceptors (Lipinski definition) is 3. The number of anilines is 1. The molecule has 1 amide bonds. The van der Waals surface area contributed by atoms with Crippen LogP contribution in [0.4, 0.5) is 27.6 Å². The molecule has 4 rings (SSSR count). The van der Waals surface area contributed by atoms with Crippen molar-refractivity contribution in [3.63, 3.8) is 0 Å². The van der Waals surface area contributed by atoms with Crippen LogP contribution in [-0.2, 0) is 4.79 Å². The maximum absolute atomic E-state index is 12.9. The van der Waals surface area contributed by atoms with E-state index in [1.807, 2.05) is 0 Å². The molecule has 0 aromatic heterocycles. The molecule has 0 radical (unpaired) electrons. The highest BCUT2D eigenvalue weighted by Crippen LogP contribution is 2.49. The Labute approximate surface area is 173 Å². The summed E-state index contributed by atoms with van der Waals surface area (Å²) in [6, 6.07) is 17.3. The van der Waals surface area contributed by atoms with Crippen LogP contribution in [0.5, 0.6) is 11.5 Å². The van der Waals surface area contributed by atoms with Gasteiger partial charge in [0.05, 0.1) is 5.56 Å². The zero-order chi connectivity index (χ0) is 22.2. The molecule has 0 saturated carbocycles. The minimum Gasteiger partial charge on any atom is -0.480 e. The van der Waals surface area contributed by atoms with Crippen LogP contribution in [-0.4, -0.2) is 18.7 Å². The van der Waals surface area contributed by atoms with Crippen molar-refractivity contribution >= 4 is 11.6 Å². The molecular weight excluding hydrogens is 421 g/mol. The number of hydrogen-bond donors (Lipinski definition) is 1. The Kier molecular flexibility index (Phi) is 5.26. The summed E-state index contributed by atoms with van der Waals surface area (Å²) >= 11 is 0. The first kappa shape index (κ1) is 20.6. The van der Waals surface area contributed by atoms with Crippen LogP contribution in [0, 0.1) is 0 Å². The third kappa shape index (κ3) is 4.16. The smallest absolute Gasteiger partial charge is 0.471 e. The van der Waals surface area contributed by atoms with Crippen molar-refractivity contribution in [1.29, 1.82) is 0 Å². The van der Waals surface area contributed by atoms with Gasteiger partial charge in [-0.25, -0.2) is 0 Å². The minimum absolute atomic E-state index is 0.110. The molecule has 4 nitrogen and oxygen atoms in total. The number of rotatable bonds is 4. The Hall–Kier alpha value is -3.62. The van der Waals surface area contributed by atoms with Gasteiger partial charge in [0.15, 0.2) is 0 Å². The normalized spacial score (nSPS) is 15.0. The molecule has 3 aromatic rings. The fourth-order valence-electron chi connectivity index (χ4n) is 3.42. The molecular formula is C22H14F5NO3. The van der Waals surface area contributed by atoms with Crippen molar-refractivity contribution in [3.05, 3.63) is 77.9 Å². The summed E-state index contributed by atoms with van der Waals surface area (Å²) in [6.07, 6.45) is -5.80. The molecule has 0 aliphatic carbocycles. The number of carbonyl (C=O) groups is 1. The Balaban J connectivity index is 1.85. The SMILES string of the molecule is O=C(Nc1ccc2c(c1)C(c1ccccc1)Oc1cccc(OC(F)F)c1-2)C(F)(F)F. The summed E-state index contributed by atoms with van der Waals surface area (Å²) in [6.45, 7) is -3.08. The van der Waals surface area contributed by atoms with Gasteiger partial charge >= 0.3 is 18.7 Å². The van der Waals surface area contributed by atoms with Gasteiger partial charge in [0.2, 0.25) is 0 Å². The maximum atomic E-state index is 12.9. The highest BCUT2D eigenvalue weighted by molar-refractivity contribution is 5.95. The predicted octanol–water partition coefficient (Wildman–Crippen LogP) is 5.94. The van der Waals surface area contributed by atoms with E-state index in [0.717, 1.165) is 0 Å². The summed E-state index contributed by atoms with van der Waals surface area (Å²) in [5.74, 6) is -1.97. The summed E-state index contributed by atoms with van der Waals surface area (Å²) in [7, 11) is 0. The van der Waals surface area contributed by atoms with Crippen LogP contribution in [0.3, 0.4) is 0 Å². The summed E-state index contributed by atoms with van der Waals surface area (Å²) in [5, 5.41) is 1.80. The Morgan fingerprint density at radius 3 is 2.42 bits per heavy atom. The van der Waals surface area contributed by atoms with Gasteiger partial charge in [-0.05, 0) is 35.4 Å². The van der Waals surface area contributed by atoms with Gasteiger partial charge < -0.3 is 14.8 Å². The van der Waals surface area contributed by atoms with Gasteiger partial charge in [-0.15, -0.1) is 0 Å². The van der Waals surface area contributed by atoms with Crippen LogP contribution in [0.25, 0.3) is 11.1 Å². The number of halogens is 5. The number of benzene rings is 3. The zero-order valence-corrected chi connectivity index (χ0v) is 15.6. The molecule has 160 valence electrons. The van der Waals surface area contributed by atoms with E-state index < -0.39 is 24.8 Å². The monoisotopic (exact) mass is 435 g/mol. The molecule has 1 aliphatic heterocycles. The molecule has 31 heavy (non-hydrogen) atoms. The van der Waals surface area contributed by atoms with Crippen molar-refractivity contribution in [2.45, 2.75) is 18.9 Å². The van der Waals surface area contributed by atoms with Crippen molar-refractivity contribution < 1.29 is 36.2 Å². The lowest BCUT2D eigenvalue weighted by atomic mass is 9.88. The highest BCUT2D eigenvalue weighted by Gasteiger charge is 2.39. The van der Waals surface area contributed by atoms with E-state index in [1.165, 1.54) is 30.3 Å². The minimum atomic E-state index is -5.06. The molecule has 0 bridgehead atoms. The Morgan fingerprint density at radius 1 is 1.00 bits per heavy atom. The molecule has 3 aromatic carbocycles. The third-order valence-corrected chi connectivity index (χ3v) is 4.67. The van der Waals surface area contributed by atoms with Crippen molar-refractivity contribution in [3.8, 4) is 22.6 Å². The average molecular weight is 435 g/mol. The summed E-state index contributed by atoms with van der Waals surface area (Å²) < 4.78 is 74.5. The second-order valence-corrected chi connectivity index (χ2v) is 6.67. The van der Waals surface area contributed by atoms with Crippen LogP contribution in [0.2, 0.25) is 0 Å². The Bertz CT molecular complexity index is 1120. The standard InChI is InChI=1S/C22H14F5NO3/c23-21(24)31-17-8-4-7-16-18(17)14-10-9-13(28-20(29)22(25,26)27)11-15(14)19(30-16)12-5-2-1-3-6-12/h1-11,19,21H,(H,28,29). The molecule has 1 heterocycles. The average Bonchev–Trinajstić information content (AvgIpc) is 2.72. The van der Waals surface area contributed by atoms with E-state index in [9.17, 15) is 26.7 Å². The van der Waals surface area contributed by atoms with Gasteiger partial charge in [-0.2, -0.15) is 22.0 Å². The molecule has 1 N–H and O–H groups in total. The number of nitrogens with one attached hydrogen (secondary N) is 1. The van der Waals surface area contributed by atoms with E-state index in [0.29, 0.717) is 16.7 Å². The lowest BCUT2D eigenvalue weighted by Gasteiger charge is -2.30. The summed E-state index contributed by atoms with van der Waals surface area (Å²) in [4.78, 5) is 11.4. The number of amides is 1. The molecule has 0 fully saturated rings. The first-order chi connectivity index (χ1) is 14.7. The first-order valence-electron chi connectivity index (χ1n) is 9.06. The zero-order valence-electron chi connectivity index (χ0n) is 15.6. The second kappa shape index (κ2) is 7.90. The van der Waals surface area contributed by atoms with Gasteiger partial charge in [0, 0.05) is 11.3 Å². The molecule has 1 aliphatic rings. The van der Waals surface area contributed by atoms with E-state index >= 15 is 0 Å². The summed E-state index contributed by atoms with van der Waals surface area (Å²) in [5.41, 5.74) is 1.66. The molecule has 0 spiro atoms. The van der Waals surface area contributed by atoms with Crippen LogP contribution in [0.15, 0.2) is 66.7 Å². The lowest BCUT2D eigenvalue weighted by molar-refractivity contribution is -0.167. The highest BCUT2D eigenvalue weighted by atomic mass is 19.4. The molecule has 1 unspecified atom stereocenters. The van der Waals surface area contributed by atoms with Crippen LogP contribution >= 0.6 is 0 Å². The number of alkyl halides is 5. The largest absolute Gasteiger partial charge is 0.480 e. The van der Waals surface area contributed by atoms with E-state index in [4.69, 9.17) is 4.74 Å². The molecule has 1 atom stereocenters. The predicted molar refractivity (Wildman–Crippen MR) is 102 cm³/mol. The number of fused-ring (bicyclic) bond motifs is 3. The Morgan fingerprint density at radius 2 is 1.74 bits per heavy atom. The van der Waals surface area contributed by atoms with E-state index in [1.54, 1.807) is 41.7 Å². The van der Waals surface area contributed by atoms with Gasteiger partial charge in [0.25, 0.3) is 0 Å². The van der Waals surface area contributed by atoms with Crippen LogP contribution < -0.4 is 14.8 Å². The maximum Gasteiger partial charge on any atom is 0.471 e. The third-order valence-electron chi connectivity index (χ3n) is 4.67. The van der Waals surface area contributed by atoms with Crippen LogP contribution in [0.1, 0.15) is 17.2 Å².